The standard InChI is InChI=1S/C20H14ClF2NO5S/c1-29-19-14(21)7-12(20(25)26)8-18(19)30(27,28)24-17-9-13(15(22)10-16(17)23)11-5-3-2-4-6-11/h2-10,24H,1H3,(H,25,26). The number of sulfonamides is 1. The maximum absolute atomic E-state index is 14.3. The first-order valence-corrected chi connectivity index (χ1v) is 10.2. The van der Waals surface area contributed by atoms with Gasteiger partial charge in [0.1, 0.15) is 16.5 Å². The van der Waals surface area contributed by atoms with Crippen LogP contribution in [0.4, 0.5) is 14.5 Å². The highest BCUT2D eigenvalue weighted by Gasteiger charge is 2.26. The van der Waals surface area contributed by atoms with Crippen LogP contribution in [0.3, 0.4) is 0 Å². The van der Waals surface area contributed by atoms with Gasteiger partial charge in [-0.2, -0.15) is 0 Å². The normalized spacial score (nSPS) is 11.2. The second-order valence-electron chi connectivity index (χ2n) is 6.08. The number of methoxy groups -OCH3 is 1. The van der Waals surface area contributed by atoms with Gasteiger partial charge < -0.3 is 9.84 Å². The summed E-state index contributed by atoms with van der Waals surface area (Å²) in [6.07, 6.45) is 0. The van der Waals surface area contributed by atoms with E-state index in [0.29, 0.717) is 11.6 Å². The Morgan fingerprint density at radius 2 is 1.73 bits per heavy atom. The van der Waals surface area contributed by atoms with E-state index >= 15 is 0 Å². The summed E-state index contributed by atoms with van der Waals surface area (Å²) in [4.78, 5) is 10.7. The zero-order valence-corrected chi connectivity index (χ0v) is 16.9. The lowest BCUT2D eigenvalue weighted by molar-refractivity contribution is 0.0696. The van der Waals surface area contributed by atoms with E-state index in [0.717, 1.165) is 25.3 Å². The molecule has 0 unspecified atom stereocenters. The number of ether oxygens (including phenoxy) is 1. The summed E-state index contributed by atoms with van der Waals surface area (Å²) in [6.45, 7) is 0. The number of carboxylic acid groups (broad SMARTS) is 1. The topological polar surface area (TPSA) is 92.7 Å². The van der Waals surface area contributed by atoms with Crippen LogP contribution in [0, 0.1) is 11.6 Å². The summed E-state index contributed by atoms with van der Waals surface area (Å²) in [6, 6.07) is 11.6. The molecule has 0 aliphatic carbocycles. The van der Waals surface area contributed by atoms with Crippen molar-refractivity contribution < 1.29 is 31.8 Å². The predicted molar refractivity (Wildman–Crippen MR) is 108 cm³/mol. The number of carbonyl (C=O) groups is 1. The molecule has 3 aromatic rings. The van der Waals surface area contributed by atoms with Crippen molar-refractivity contribution >= 4 is 33.3 Å². The summed E-state index contributed by atoms with van der Waals surface area (Å²) in [7, 11) is -3.41. The van der Waals surface area contributed by atoms with Crippen LogP contribution >= 0.6 is 11.6 Å². The molecule has 3 rings (SSSR count). The molecule has 0 aliphatic rings. The first-order valence-electron chi connectivity index (χ1n) is 8.32. The van der Waals surface area contributed by atoms with E-state index in [1.807, 2.05) is 4.72 Å². The van der Waals surface area contributed by atoms with Gasteiger partial charge in [0, 0.05) is 11.6 Å². The van der Waals surface area contributed by atoms with E-state index in [2.05, 4.69) is 0 Å². The van der Waals surface area contributed by atoms with Crippen LogP contribution < -0.4 is 9.46 Å². The second-order valence-corrected chi connectivity index (χ2v) is 8.14. The molecule has 0 amide bonds. The minimum Gasteiger partial charge on any atom is -0.494 e. The molecule has 0 fully saturated rings. The Morgan fingerprint density at radius 3 is 2.33 bits per heavy atom. The molecule has 0 atom stereocenters. The number of rotatable bonds is 6. The fourth-order valence-corrected chi connectivity index (χ4v) is 4.38. The van der Waals surface area contributed by atoms with Crippen LogP contribution in [0.5, 0.6) is 5.75 Å². The van der Waals surface area contributed by atoms with Crippen LogP contribution in [0.1, 0.15) is 10.4 Å². The number of hydrogen-bond acceptors (Lipinski definition) is 4. The Balaban J connectivity index is 2.12. The average molecular weight is 454 g/mol. The van der Waals surface area contributed by atoms with Crippen molar-refractivity contribution in [1.82, 2.24) is 0 Å². The van der Waals surface area contributed by atoms with Gasteiger partial charge in [-0.1, -0.05) is 41.9 Å². The minimum absolute atomic E-state index is 0.0287. The summed E-state index contributed by atoms with van der Waals surface area (Å²) in [5, 5.41) is 8.91. The number of anilines is 1. The van der Waals surface area contributed by atoms with E-state index in [9.17, 15) is 27.1 Å². The second kappa shape index (κ2) is 8.29. The monoisotopic (exact) mass is 453 g/mol. The van der Waals surface area contributed by atoms with Crippen LogP contribution in [0.25, 0.3) is 11.1 Å². The van der Waals surface area contributed by atoms with Gasteiger partial charge in [0.05, 0.1) is 23.4 Å². The van der Waals surface area contributed by atoms with Gasteiger partial charge in [0.2, 0.25) is 0 Å². The lowest BCUT2D eigenvalue weighted by Crippen LogP contribution is -2.16. The number of benzene rings is 3. The molecule has 0 bridgehead atoms. The molecular weight excluding hydrogens is 440 g/mol. The molecule has 0 aromatic heterocycles. The molecule has 0 saturated heterocycles. The van der Waals surface area contributed by atoms with Crippen molar-refractivity contribution in [1.29, 1.82) is 0 Å². The summed E-state index contributed by atoms with van der Waals surface area (Å²) in [5.41, 5.74) is -0.567. The van der Waals surface area contributed by atoms with Crippen molar-refractivity contribution in [3.05, 3.63) is 76.8 Å². The largest absolute Gasteiger partial charge is 0.494 e. The van der Waals surface area contributed by atoms with Crippen LogP contribution in [-0.4, -0.2) is 26.6 Å². The van der Waals surface area contributed by atoms with E-state index < -0.39 is 43.8 Å². The molecule has 30 heavy (non-hydrogen) atoms. The van der Waals surface area contributed by atoms with Gasteiger partial charge in [0.25, 0.3) is 10.0 Å². The van der Waals surface area contributed by atoms with E-state index in [1.165, 1.54) is 0 Å². The molecule has 0 radical (unpaired) electrons. The van der Waals surface area contributed by atoms with Crippen molar-refractivity contribution in [2.24, 2.45) is 0 Å². The molecule has 0 spiro atoms. The van der Waals surface area contributed by atoms with Crippen LogP contribution in [0.15, 0.2) is 59.5 Å². The van der Waals surface area contributed by atoms with E-state index in [-0.39, 0.29) is 16.3 Å². The Labute approximate surface area is 175 Å². The summed E-state index contributed by atoms with van der Waals surface area (Å²) < 4.78 is 61.4. The fourth-order valence-electron chi connectivity index (χ4n) is 2.76. The Bertz CT molecular complexity index is 1230. The van der Waals surface area contributed by atoms with Gasteiger partial charge in [-0.25, -0.2) is 22.0 Å². The number of halogens is 3. The highest BCUT2D eigenvalue weighted by Crippen LogP contribution is 2.36. The highest BCUT2D eigenvalue weighted by molar-refractivity contribution is 7.92. The van der Waals surface area contributed by atoms with E-state index in [1.54, 1.807) is 30.3 Å². The molecule has 0 aliphatic heterocycles. The lowest BCUT2D eigenvalue weighted by Gasteiger charge is -2.15. The first-order chi connectivity index (χ1) is 14.1. The van der Waals surface area contributed by atoms with Gasteiger partial charge in [-0.05, 0) is 23.8 Å². The molecule has 6 nitrogen and oxygen atoms in total. The Kier molecular flexibility index (Phi) is 5.95. The Morgan fingerprint density at radius 1 is 1.07 bits per heavy atom. The molecule has 0 heterocycles. The fraction of sp³-hybridized carbons (Fsp3) is 0.0500. The average Bonchev–Trinajstić information content (AvgIpc) is 2.69. The maximum atomic E-state index is 14.3. The number of nitrogens with one attached hydrogen (secondary N) is 1. The predicted octanol–water partition coefficient (Wildman–Crippen LogP) is 4.79. The highest BCUT2D eigenvalue weighted by atomic mass is 35.5. The summed E-state index contributed by atoms with van der Waals surface area (Å²) in [5.74, 6) is -3.78. The number of carboxylic acids is 1. The number of hydrogen-bond donors (Lipinski definition) is 2. The van der Waals surface area contributed by atoms with Crippen LogP contribution in [0.2, 0.25) is 5.02 Å². The molecule has 3 aromatic carbocycles. The smallest absolute Gasteiger partial charge is 0.335 e. The molecule has 2 N–H and O–H groups in total. The molecule has 0 saturated carbocycles. The maximum Gasteiger partial charge on any atom is 0.335 e. The van der Waals surface area contributed by atoms with E-state index in [4.69, 9.17) is 16.3 Å². The van der Waals surface area contributed by atoms with Crippen molar-refractivity contribution in [2.75, 3.05) is 11.8 Å². The van der Waals surface area contributed by atoms with Gasteiger partial charge in [-0.3, -0.25) is 4.72 Å². The quantitative estimate of drug-likeness (QED) is 0.559. The molecular formula is C20H14ClF2NO5S. The van der Waals surface area contributed by atoms with Crippen molar-refractivity contribution in [3.63, 3.8) is 0 Å². The zero-order chi connectivity index (χ0) is 22.1. The van der Waals surface area contributed by atoms with Gasteiger partial charge in [0.15, 0.2) is 5.75 Å². The number of aromatic carboxylic acids is 1. The minimum atomic E-state index is -4.55. The third-order valence-corrected chi connectivity index (χ3v) is 5.79. The van der Waals surface area contributed by atoms with Gasteiger partial charge in [-0.15, -0.1) is 0 Å². The molecule has 10 heteroatoms. The lowest BCUT2D eigenvalue weighted by atomic mass is 10.0. The van der Waals surface area contributed by atoms with Gasteiger partial charge >= 0.3 is 5.97 Å². The SMILES string of the molecule is COc1c(Cl)cc(C(=O)O)cc1S(=O)(=O)Nc1cc(-c2ccccc2)c(F)cc1F. The third kappa shape index (κ3) is 4.22. The first kappa shape index (κ1) is 21.5. The Hall–Kier alpha value is -3.17. The van der Waals surface area contributed by atoms with Crippen LogP contribution in [-0.2, 0) is 10.0 Å². The van der Waals surface area contributed by atoms with Crippen molar-refractivity contribution in [3.8, 4) is 16.9 Å². The third-order valence-electron chi connectivity index (χ3n) is 4.14. The zero-order valence-electron chi connectivity index (χ0n) is 15.3. The summed E-state index contributed by atoms with van der Waals surface area (Å²) >= 11 is 5.94. The molecule has 156 valence electrons. The van der Waals surface area contributed by atoms with Crippen molar-refractivity contribution in [2.45, 2.75) is 4.90 Å².